The molecule has 0 rings (SSSR count). The fraction of sp³-hybridized carbons (Fsp3) is 0.875. The largest absolute Gasteiger partial charge is 0.460 e. The lowest BCUT2D eigenvalue weighted by Gasteiger charge is -2.23. The second kappa shape index (κ2) is 8.34. The molecule has 19 heavy (non-hydrogen) atoms. The van der Waals surface area contributed by atoms with Gasteiger partial charge in [-0.3, -0.25) is 9.59 Å². The van der Waals surface area contributed by atoms with Crippen molar-refractivity contribution in [2.24, 2.45) is 11.8 Å². The van der Waals surface area contributed by atoms with Gasteiger partial charge in [-0.1, -0.05) is 26.7 Å². The van der Waals surface area contributed by atoms with Gasteiger partial charge in [-0.15, -0.1) is 0 Å². The fourth-order valence-corrected chi connectivity index (χ4v) is 1.92. The number of ether oxygens (including phenoxy) is 1. The molecule has 0 heterocycles. The van der Waals surface area contributed by atoms with Crippen LogP contribution in [0, 0.1) is 11.8 Å². The molecular weight excluding hydrogens is 240 g/mol. The third kappa shape index (κ3) is 8.79. The van der Waals surface area contributed by atoms with Crippen molar-refractivity contribution < 1.29 is 14.3 Å². The number of esters is 1. The molecule has 0 aliphatic carbocycles. The van der Waals surface area contributed by atoms with Gasteiger partial charge in [0.1, 0.15) is 11.4 Å². The minimum Gasteiger partial charge on any atom is -0.460 e. The zero-order chi connectivity index (χ0) is 15.1. The highest BCUT2D eigenvalue weighted by molar-refractivity contribution is 5.77. The summed E-state index contributed by atoms with van der Waals surface area (Å²) in [5.74, 6) is 0.294. The van der Waals surface area contributed by atoms with E-state index in [1.165, 1.54) is 0 Å². The van der Waals surface area contributed by atoms with E-state index >= 15 is 0 Å². The summed E-state index contributed by atoms with van der Waals surface area (Å²) >= 11 is 0. The lowest BCUT2D eigenvalue weighted by molar-refractivity contribution is -0.160. The number of ketones is 1. The third-order valence-electron chi connectivity index (χ3n) is 3.37. The van der Waals surface area contributed by atoms with Crippen molar-refractivity contribution in [2.75, 3.05) is 0 Å². The van der Waals surface area contributed by atoms with Crippen molar-refractivity contribution in [3.8, 4) is 0 Å². The van der Waals surface area contributed by atoms with Crippen LogP contribution in [-0.4, -0.2) is 17.4 Å². The molecule has 2 atom stereocenters. The summed E-state index contributed by atoms with van der Waals surface area (Å²) in [5.41, 5.74) is -0.409. The lowest BCUT2D eigenvalue weighted by atomic mass is 9.95. The van der Waals surface area contributed by atoms with Gasteiger partial charge in [-0.05, 0) is 47.0 Å². The minimum absolute atomic E-state index is 0.00754. The van der Waals surface area contributed by atoms with Crippen molar-refractivity contribution in [1.29, 1.82) is 0 Å². The van der Waals surface area contributed by atoms with Gasteiger partial charge in [0.25, 0.3) is 0 Å². The monoisotopic (exact) mass is 270 g/mol. The number of rotatable bonds is 8. The van der Waals surface area contributed by atoms with E-state index in [0.29, 0.717) is 0 Å². The Morgan fingerprint density at radius 2 is 1.63 bits per heavy atom. The van der Waals surface area contributed by atoms with E-state index in [-0.39, 0.29) is 23.6 Å². The van der Waals surface area contributed by atoms with Crippen molar-refractivity contribution in [3.05, 3.63) is 0 Å². The van der Waals surface area contributed by atoms with Crippen LogP contribution in [-0.2, 0) is 14.3 Å². The van der Waals surface area contributed by atoms with Gasteiger partial charge >= 0.3 is 5.97 Å². The van der Waals surface area contributed by atoms with E-state index in [9.17, 15) is 9.59 Å². The van der Waals surface area contributed by atoms with Crippen LogP contribution >= 0.6 is 0 Å². The Hall–Kier alpha value is -0.860. The molecule has 0 amide bonds. The van der Waals surface area contributed by atoms with Crippen LogP contribution in [0.3, 0.4) is 0 Å². The molecule has 3 nitrogen and oxygen atoms in total. The summed E-state index contributed by atoms with van der Waals surface area (Å²) in [6.07, 6.45) is 4.57. The number of carbonyl (C=O) groups is 2. The predicted molar refractivity (Wildman–Crippen MR) is 77.9 cm³/mol. The van der Waals surface area contributed by atoms with Crippen LogP contribution in [0.2, 0.25) is 0 Å². The highest BCUT2D eigenvalue weighted by atomic mass is 16.6. The Labute approximate surface area is 118 Å². The third-order valence-corrected chi connectivity index (χ3v) is 3.37. The van der Waals surface area contributed by atoms with E-state index in [1.807, 2.05) is 34.6 Å². The molecule has 0 aliphatic heterocycles. The minimum atomic E-state index is -0.409. The molecule has 0 saturated heterocycles. The number of Topliss-reactive ketones (excluding diaryl/α,β-unsaturated/α-hetero) is 1. The Kier molecular flexibility index (Phi) is 7.96. The van der Waals surface area contributed by atoms with Crippen molar-refractivity contribution >= 4 is 11.8 Å². The molecule has 0 saturated carbocycles. The van der Waals surface area contributed by atoms with Crippen LogP contribution < -0.4 is 0 Å². The van der Waals surface area contributed by atoms with Gasteiger partial charge in [0.2, 0.25) is 0 Å². The van der Waals surface area contributed by atoms with E-state index < -0.39 is 5.60 Å². The average Bonchev–Trinajstić information content (AvgIpc) is 2.25. The van der Waals surface area contributed by atoms with Gasteiger partial charge in [0, 0.05) is 5.92 Å². The zero-order valence-corrected chi connectivity index (χ0v) is 13.4. The molecule has 2 unspecified atom stereocenters. The first-order valence-electron chi connectivity index (χ1n) is 7.40. The van der Waals surface area contributed by atoms with Crippen molar-refractivity contribution in [2.45, 2.75) is 79.2 Å². The van der Waals surface area contributed by atoms with Crippen LogP contribution in [0.5, 0.6) is 0 Å². The van der Waals surface area contributed by atoms with Crippen LogP contribution in [0.4, 0.5) is 0 Å². The second-order valence-corrected chi connectivity index (χ2v) is 6.43. The van der Waals surface area contributed by atoms with Gasteiger partial charge in [-0.2, -0.15) is 0 Å². The Morgan fingerprint density at radius 3 is 2.05 bits per heavy atom. The topological polar surface area (TPSA) is 43.4 Å². The number of hydrogen-bond acceptors (Lipinski definition) is 3. The average molecular weight is 270 g/mol. The second-order valence-electron chi connectivity index (χ2n) is 6.43. The highest BCUT2D eigenvalue weighted by Crippen LogP contribution is 2.20. The summed E-state index contributed by atoms with van der Waals surface area (Å²) in [4.78, 5) is 23.1. The van der Waals surface area contributed by atoms with E-state index in [1.54, 1.807) is 6.92 Å². The smallest absolute Gasteiger partial charge is 0.309 e. The molecule has 0 aromatic rings. The zero-order valence-electron chi connectivity index (χ0n) is 13.4. The quantitative estimate of drug-likeness (QED) is 0.492. The first kappa shape index (κ1) is 18.1. The lowest BCUT2D eigenvalue weighted by Crippen LogP contribution is -2.28. The summed E-state index contributed by atoms with van der Waals surface area (Å²) in [6, 6.07) is 0. The number of carbonyl (C=O) groups excluding carboxylic acids is 2. The summed E-state index contributed by atoms with van der Waals surface area (Å²) in [6.45, 7) is 11.3. The Bertz CT molecular complexity index is 289. The Morgan fingerprint density at radius 1 is 1.11 bits per heavy atom. The summed E-state index contributed by atoms with van der Waals surface area (Å²) in [5, 5.41) is 0. The van der Waals surface area contributed by atoms with Gasteiger partial charge < -0.3 is 4.74 Å². The van der Waals surface area contributed by atoms with Crippen LogP contribution in [0.1, 0.15) is 73.6 Å². The maximum Gasteiger partial charge on any atom is 0.309 e. The van der Waals surface area contributed by atoms with Gasteiger partial charge in [0.15, 0.2) is 0 Å². The normalized spacial score (nSPS) is 14.8. The molecule has 0 aromatic heterocycles. The van der Waals surface area contributed by atoms with Crippen LogP contribution in [0.25, 0.3) is 0 Å². The predicted octanol–water partition coefficient (Wildman–Crippen LogP) is 4.14. The van der Waals surface area contributed by atoms with E-state index in [4.69, 9.17) is 4.74 Å². The standard InChI is InChI=1S/C16H30O3/c1-7-14(15(18)19-16(4,5)6)11-9-8-10-12(2)13(3)17/h12,14H,7-11H2,1-6H3. The molecular formula is C16H30O3. The van der Waals surface area contributed by atoms with Gasteiger partial charge in [-0.25, -0.2) is 0 Å². The maximum absolute atomic E-state index is 11.9. The molecule has 112 valence electrons. The Balaban J connectivity index is 4.01. The molecule has 0 fully saturated rings. The van der Waals surface area contributed by atoms with E-state index in [2.05, 4.69) is 0 Å². The fourth-order valence-electron chi connectivity index (χ4n) is 1.92. The molecule has 0 aromatic carbocycles. The van der Waals surface area contributed by atoms with E-state index in [0.717, 1.165) is 32.1 Å². The summed E-state index contributed by atoms with van der Waals surface area (Å²) < 4.78 is 5.41. The first-order valence-corrected chi connectivity index (χ1v) is 7.40. The maximum atomic E-state index is 11.9. The number of unbranched alkanes of at least 4 members (excludes halogenated alkanes) is 1. The molecule has 0 N–H and O–H groups in total. The highest BCUT2D eigenvalue weighted by Gasteiger charge is 2.23. The molecule has 0 aliphatic rings. The molecule has 0 spiro atoms. The number of hydrogen-bond donors (Lipinski definition) is 0. The molecule has 0 bridgehead atoms. The molecule has 0 radical (unpaired) electrons. The van der Waals surface area contributed by atoms with Gasteiger partial charge in [0.05, 0.1) is 5.92 Å². The van der Waals surface area contributed by atoms with Crippen LogP contribution in [0.15, 0.2) is 0 Å². The van der Waals surface area contributed by atoms with Crippen molar-refractivity contribution in [3.63, 3.8) is 0 Å². The molecule has 3 heteroatoms. The SMILES string of the molecule is CCC(CCCCC(C)C(C)=O)C(=O)OC(C)(C)C. The first-order chi connectivity index (χ1) is 8.67. The van der Waals surface area contributed by atoms with Crippen molar-refractivity contribution in [1.82, 2.24) is 0 Å². The summed E-state index contributed by atoms with van der Waals surface area (Å²) in [7, 11) is 0.